The van der Waals surface area contributed by atoms with Crippen molar-refractivity contribution in [2.24, 2.45) is 0 Å². The first-order valence-electron chi connectivity index (χ1n) is 6.51. The summed E-state index contributed by atoms with van der Waals surface area (Å²) in [5.41, 5.74) is 0. The molecule has 102 valence electrons. The average molecular weight is 280 g/mol. The number of urea groups is 1. The molecule has 2 N–H and O–H groups in total. The minimum atomic E-state index is -0.0742. The molecule has 0 spiro atoms. The van der Waals surface area contributed by atoms with E-state index >= 15 is 0 Å². The zero-order valence-corrected chi connectivity index (χ0v) is 11.3. The fraction of sp³-hybridized carbons (Fsp3) is 0.636. The van der Waals surface area contributed by atoms with E-state index in [-0.39, 0.29) is 6.03 Å². The molecule has 0 aliphatic heterocycles. The Hall–Kier alpha value is -1.70. The van der Waals surface area contributed by atoms with E-state index in [4.69, 9.17) is 0 Å². The summed E-state index contributed by atoms with van der Waals surface area (Å²) >= 11 is 1.50. The lowest BCUT2D eigenvalue weighted by Gasteiger charge is -2.12. The summed E-state index contributed by atoms with van der Waals surface area (Å²) in [7, 11) is 0. The van der Waals surface area contributed by atoms with E-state index in [9.17, 15) is 4.79 Å². The van der Waals surface area contributed by atoms with Crippen molar-refractivity contribution in [3.8, 4) is 0 Å². The zero-order valence-electron chi connectivity index (χ0n) is 10.5. The van der Waals surface area contributed by atoms with E-state index in [1.54, 1.807) is 10.8 Å². The molecule has 19 heavy (non-hydrogen) atoms. The molecule has 0 bridgehead atoms. The second kappa shape index (κ2) is 5.52. The number of aromatic nitrogens is 4. The molecule has 0 saturated heterocycles. The van der Waals surface area contributed by atoms with E-state index in [2.05, 4.69) is 25.9 Å². The summed E-state index contributed by atoms with van der Waals surface area (Å²) in [6.45, 7) is 0.586. The maximum absolute atomic E-state index is 11.6. The van der Waals surface area contributed by atoms with Crippen molar-refractivity contribution in [2.45, 2.75) is 38.1 Å². The Kier molecular flexibility index (Phi) is 3.58. The smallest absolute Gasteiger partial charge is 0.315 e. The Labute approximate surface area is 114 Å². The summed E-state index contributed by atoms with van der Waals surface area (Å²) in [5.74, 6) is 0. The van der Waals surface area contributed by atoms with Crippen LogP contribution < -0.4 is 10.6 Å². The van der Waals surface area contributed by atoms with Crippen molar-refractivity contribution in [1.29, 1.82) is 0 Å². The van der Waals surface area contributed by atoms with Gasteiger partial charge in [-0.15, -0.1) is 10.2 Å². The highest BCUT2D eigenvalue weighted by Gasteiger charge is 2.16. The fourth-order valence-corrected chi connectivity index (χ4v) is 3.10. The van der Waals surface area contributed by atoms with Crippen molar-refractivity contribution in [1.82, 2.24) is 30.4 Å². The molecule has 1 fully saturated rings. The van der Waals surface area contributed by atoms with Gasteiger partial charge in [-0.2, -0.15) is 9.61 Å². The quantitative estimate of drug-likeness (QED) is 0.874. The predicted molar refractivity (Wildman–Crippen MR) is 71.2 cm³/mol. The molecule has 0 unspecified atom stereocenters. The van der Waals surface area contributed by atoms with Gasteiger partial charge in [-0.25, -0.2) is 4.79 Å². The molecule has 2 amide bonds. The van der Waals surface area contributed by atoms with E-state index in [1.807, 2.05) is 0 Å². The van der Waals surface area contributed by atoms with Gasteiger partial charge in [0.1, 0.15) is 11.3 Å². The molecule has 0 aromatic carbocycles. The van der Waals surface area contributed by atoms with Crippen LogP contribution in [0.1, 0.15) is 30.7 Å². The van der Waals surface area contributed by atoms with Gasteiger partial charge in [0.15, 0.2) is 0 Å². The van der Waals surface area contributed by atoms with Gasteiger partial charge in [0.05, 0.1) is 0 Å². The molecule has 2 aromatic rings. The van der Waals surface area contributed by atoms with Gasteiger partial charge in [0.25, 0.3) is 0 Å². The second-order valence-corrected chi connectivity index (χ2v) is 5.73. The van der Waals surface area contributed by atoms with Gasteiger partial charge in [-0.05, 0) is 12.8 Å². The van der Waals surface area contributed by atoms with Crippen LogP contribution in [0.15, 0.2) is 6.33 Å². The highest BCUT2D eigenvalue weighted by atomic mass is 32.1. The fourth-order valence-electron chi connectivity index (χ4n) is 2.29. The van der Waals surface area contributed by atoms with Crippen molar-refractivity contribution >= 4 is 22.3 Å². The summed E-state index contributed by atoms with van der Waals surface area (Å²) < 4.78 is 1.65. The van der Waals surface area contributed by atoms with Crippen LogP contribution >= 0.6 is 11.3 Å². The Morgan fingerprint density at radius 3 is 3.11 bits per heavy atom. The van der Waals surface area contributed by atoms with Crippen molar-refractivity contribution in [3.05, 3.63) is 11.3 Å². The summed E-state index contributed by atoms with van der Waals surface area (Å²) in [6.07, 6.45) is 6.94. The number of nitrogens with zero attached hydrogens (tertiary/aromatic N) is 4. The van der Waals surface area contributed by atoms with E-state index in [0.29, 0.717) is 19.0 Å². The third-order valence-electron chi connectivity index (χ3n) is 3.24. The molecule has 2 aromatic heterocycles. The molecular formula is C11H16N6OS. The molecule has 8 heteroatoms. The number of hydrogen-bond donors (Lipinski definition) is 2. The molecule has 3 rings (SSSR count). The van der Waals surface area contributed by atoms with Gasteiger partial charge >= 0.3 is 6.03 Å². The summed E-state index contributed by atoms with van der Waals surface area (Å²) in [5, 5.41) is 18.8. The average Bonchev–Trinajstić information content (AvgIpc) is 3.04. The molecular weight excluding hydrogens is 264 g/mol. The Morgan fingerprint density at radius 2 is 2.32 bits per heavy atom. The van der Waals surface area contributed by atoms with Gasteiger partial charge in [0, 0.05) is 19.0 Å². The van der Waals surface area contributed by atoms with E-state index in [0.717, 1.165) is 22.8 Å². The van der Waals surface area contributed by atoms with E-state index in [1.165, 1.54) is 24.2 Å². The Bertz CT molecular complexity index is 530. The normalized spacial score (nSPS) is 16.0. The minimum Gasteiger partial charge on any atom is -0.338 e. The third kappa shape index (κ3) is 3.01. The highest BCUT2D eigenvalue weighted by molar-refractivity contribution is 7.16. The van der Waals surface area contributed by atoms with E-state index < -0.39 is 0 Å². The highest BCUT2D eigenvalue weighted by Crippen LogP contribution is 2.17. The number of nitrogens with one attached hydrogen (secondary N) is 2. The van der Waals surface area contributed by atoms with Crippen LogP contribution in [0.3, 0.4) is 0 Å². The van der Waals surface area contributed by atoms with Crippen molar-refractivity contribution in [2.75, 3.05) is 6.54 Å². The molecule has 1 saturated carbocycles. The lowest BCUT2D eigenvalue weighted by Crippen LogP contribution is -2.41. The van der Waals surface area contributed by atoms with Gasteiger partial charge < -0.3 is 10.6 Å². The maximum Gasteiger partial charge on any atom is 0.315 e. The lowest BCUT2D eigenvalue weighted by molar-refractivity contribution is 0.237. The predicted octanol–water partition coefficient (Wildman–Crippen LogP) is 0.970. The molecule has 1 aliphatic carbocycles. The van der Waals surface area contributed by atoms with Crippen LogP contribution in [0.2, 0.25) is 0 Å². The second-order valence-electron chi connectivity index (χ2n) is 4.69. The largest absolute Gasteiger partial charge is 0.338 e. The zero-order chi connectivity index (χ0) is 13.1. The number of hydrogen-bond acceptors (Lipinski definition) is 5. The van der Waals surface area contributed by atoms with Crippen LogP contribution in [0.4, 0.5) is 4.79 Å². The first-order valence-corrected chi connectivity index (χ1v) is 7.33. The number of amides is 2. The van der Waals surface area contributed by atoms with Crippen LogP contribution in [-0.4, -0.2) is 38.4 Å². The third-order valence-corrected chi connectivity index (χ3v) is 4.22. The Morgan fingerprint density at radius 1 is 1.47 bits per heavy atom. The Balaban J connectivity index is 1.42. The molecule has 1 aliphatic rings. The first-order chi connectivity index (χ1) is 9.31. The van der Waals surface area contributed by atoms with Crippen LogP contribution in [0, 0.1) is 0 Å². The maximum atomic E-state index is 11.6. The van der Waals surface area contributed by atoms with Crippen molar-refractivity contribution in [3.63, 3.8) is 0 Å². The number of carbonyl (C=O) groups excluding carboxylic acids is 1. The van der Waals surface area contributed by atoms with Crippen LogP contribution in [0.5, 0.6) is 0 Å². The van der Waals surface area contributed by atoms with Crippen LogP contribution in [0.25, 0.3) is 4.96 Å². The topological polar surface area (TPSA) is 84.2 Å². The van der Waals surface area contributed by atoms with Gasteiger partial charge in [0.2, 0.25) is 4.96 Å². The molecule has 0 radical (unpaired) electrons. The monoisotopic (exact) mass is 280 g/mol. The summed E-state index contributed by atoms with van der Waals surface area (Å²) in [6, 6.07) is 0.282. The first kappa shape index (κ1) is 12.3. The number of rotatable bonds is 4. The SMILES string of the molecule is O=C(NCCc1nn2cnnc2s1)NC1CCCC1. The number of carbonyl (C=O) groups is 1. The lowest BCUT2D eigenvalue weighted by atomic mass is 10.2. The number of fused-ring (bicyclic) bond motifs is 1. The van der Waals surface area contributed by atoms with Gasteiger partial charge in [-0.3, -0.25) is 0 Å². The van der Waals surface area contributed by atoms with Crippen LogP contribution in [-0.2, 0) is 6.42 Å². The standard InChI is InChI=1S/C11H16N6OS/c18-10(14-8-3-1-2-4-8)12-6-5-9-16-17-7-13-15-11(17)19-9/h7-8H,1-6H2,(H2,12,14,18). The van der Waals surface area contributed by atoms with Gasteiger partial charge in [-0.1, -0.05) is 24.2 Å². The molecule has 2 heterocycles. The van der Waals surface area contributed by atoms with Crippen molar-refractivity contribution < 1.29 is 4.79 Å². The molecule has 0 atom stereocenters. The minimum absolute atomic E-state index is 0.0742. The molecule has 7 nitrogen and oxygen atoms in total. The summed E-state index contributed by atoms with van der Waals surface area (Å²) in [4.78, 5) is 12.4.